The standard InChI is InChI=1S/C11H13Cl2FN2O/c12-4-6-16(7-5-13)11(17)15-10-3-1-2-9(14)8-10/h1-3,8H,4-7H2,(H,15,17). The average Bonchev–Trinajstić information content (AvgIpc) is 2.28. The zero-order chi connectivity index (χ0) is 12.7. The van der Waals surface area contributed by atoms with Crippen molar-refractivity contribution >= 4 is 34.9 Å². The summed E-state index contributed by atoms with van der Waals surface area (Å²) < 4.78 is 12.9. The van der Waals surface area contributed by atoms with Crippen LogP contribution in [0.2, 0.25) is 0 Å². The molecule has 1 N–H and O–H groups in total. The quantitative estimate of drug-likeness (QED) is 0.825. The Labute approximate surface area is 109 Å². The van der Waals surface area contributed by atoms with Crippen molar-refractivity contribution in [2.45, 2.75) is 0 Å². The highest BCUT2D eigenvalue weighted by atomic mass is 35.5. The van der Waals surface area contributed by atoms with Gasteiger partial charge in [0.1, 0.15) is 5.82 Å². The van der Waals surface area contributed by atoms with Crippen molar-refractivity contribution in [1.29, 1.82) is 0 Å². The molecule has 0 saturated heterocycles. The molecule has 17 heavy (non-hydrogen) atoms. The van der Waals surface area contributed by atoms with Gasteiger partial charge in [0.25, 0.3) is 0 Å². The summed E-state index contributed by atoms with van der Waals surface area (Å²) >= 11 is 11.2. The molecule has 0 aliphatic carbocycles. The topological polar surface area (TPSA) is 32.3 Å². The van der Waals surface area contributed by atoms with Crippen molar-refractivity contribution in [3.8, 4) is 0 Å². The molecule has 0 aliphatic heterocycles. The first-order valence-electron chi connectivity index (χ1n) is 5.11. The Morgan fingerprint density at radius 2 is 1.94 bits per heavy atom. The molecule has 3 nitrogen and oxygen atoms in total. The lowest BCUT2D eigenvalue weighted by atomic mass is 10.3. The first-order chi connectivity index (χ1) is 8.17. The van der Waals surface area contributed by atoms with Crippen molar-refractivity contribution in [2.75, 3.05) is 30.2 Å². The molecule has 0 radical (unpaired) electrons. The van der Waals surface area contributed by atoms with Crippen LogP contribution in [0.15, 0.2) is 24.3 Å². The highest BCUT2D eigenvalue weighted by Crippen LogP contribution is 2.10. The van der Waals surface area contributed by atoms with Crippen LogP contribution in [0.1, 0.15) is 0 Å². The van der Waals surface area contributed by atoms with E-state index in [1.807, 2.05) is 0 Å². The fraction of sp³-hybridized carbons (Fsp3) is 0.364. The fourth-order valence-electron chi connectivity index (χ4n) is 1.29. The fourth-order valence-corrected chi connectivity index (χ4v) is 1.70. The molecule has 0 atom stereocenters. The van der Waals surface area contributed by atoms with Gasteiger partial charge in [0.2, 0.25) is 0 Å². The Morgan fingerprint density at radius 3 is 2.47 bits per heavy atom. The summed E-state index contributed by atoms with van der Waals surface area (Å²) in [5.41, 5.74) is 0.407. The van der Waals surface area contributed by atoms with Crippen molar-refractivity contribution in [2.24, 2.45) is 0 Å². The Morgan fingerprint density at radius 1 is 1.29 bits per heavy atom. The van der Waals surface area contributed by atoms with Gasteiger partial charge in [-0.25, -0.2) is 9.18 Å². The number of anilines is 1. The molecule has 0 spiro atoms. The Balaban J connectivity index is 2.62. The largest absolute Gasteiger partial charge is 0.322 e. The van der Waals surface area contributed by atoms with Crippen LogP contribution in [0.4, 0.5) is 14.9 Å². The molecule has 6 heteroatoms. The van der Waals surface area contributed by atoms with E-state index >= 15 is 0 Å². The minimum absolute atomic E-state index is 0.327. The van der Waals surface area contributed by atoms with Gasteiger partial charge in [0.15, 0.2) is 0 Å². The lowest BCUT2D eigenvalue weighted by Gasteiger charge is -2.20. The van der Waals surface area contributed by atoms with Gasteiger partial charge in [-0.05, 0) is 18.2 Å². The Bertz CT molecular complexity index is 370. The van der Waals surface area contributed by atoms with Gasteiger partial charge in [-0.1, -0.05) is 6.07 Å². The van der Waals surface area contributed by atoms with Gasteiger partial charge in [0, 0.05) is 30.5 Å². The summed E-state index contributed by atoms with van der Waals surface area (Å²) in [4.78, 5) is 13.3. The van der Waals surface area contributed by atoms with Crippen molar-refractivity contribution in [3.05, 3.63) is 30.1 Å². The lowest BCUT2D eigenvalue weighted by molar-refractivity contribution is 0.218. The van der Waals surface area contributed by atoms with E-state index in [-0.39, 0.29) is 6.03 Å². The SMILES string of the molecule is O=C(Nc1cccc(F)c1)N(CCCl)CCCl. The number of benzene rings is 1. The third-order valence-electron chi connectivity index (χ3n) is 2.07. The van der Waals surface area contributed by atoms with Crippen LogP contribution in [0.5, 0.6) is 0 Å². The molecule has 1 aromatic carbocycles. The summed E-state index contributed by atoms with van der Waals surface area (Å²) in [6, 6.07) is 5.36. The normalized spacial score (nSPS) is 10.1. The zero-order valence-electron chi connectivity index (χ0n) is 9.13. The molecule has 0 fully saturated rings. The first kappa shape index (κ1) is 14.1. The summed E-state index contributed by atoms with van der Waals surface area (Å²) in [5.74, 6) is 0.255. The number of rotatable bonds is 5. The molecule has 0 heterocycles. The predicted molar refractivity (Wildman–Crippen MR) is 68.4 cm³/mol. The first-order valence-corrected chi connectivity index (χ1v) is 6.17. The van der Waals surface area contributed by atoms with E-state index in [1.54, 1.807) is 6.07 Å². The molecular weight excluding hydrogens is 266 g/mol. The third-order valence-corrected chi connectivity index (χ3v) is 2.41. The van der Waals surface area contributed by atoms with Crippen LogP contribution >= 0.6 is 23.2 Å². The van der Waals surface area contributed by atoms with Crippen LogP contribution in [-0.4, -0.2) is 35.8 Å². The number of carbonyl (C=O) groups is 1. The molecule has 94 valence electrons. The van der Waals surface area contributed by atoms with Crippen molar-refractivity contribution in [3.63, 3.8) is 0 Å². The highest BCUT2D eigenvalue weighted by Gasteiger charge is 2.12. The van der Waals surface area contributed by atoms with E-state index in [1.165, 1.54) is 23.1 Å². The van der Waals surface area contributed by atoms with E-state index < -0.39 is 5.82 Å². The molecule has 0 unspecified atom stereocenters. The van der Waals surface area contributed by atoms with Gasteiger partial charge in [-0.15, -0.1) is 23.2 Å². The lowest BCUT2D eigenvalue weighted by Crippen LogP contribution is -2.37. The Hall–Kier alpha value is -1.00. The van der Waals surface area contributed by atoms with Gasteiger partial charge >= 0.3 is 6.03 Å². The monoisotopic (exact) mass is 278 g/mol. The average molecular weight is 279 g/mol. The second kappa shape index (κ2) is 7.35. The Kier molecular flexibility index (Phi) is 6.08. The van der Waals surface area contributed by atoms with Crippen molar-refractivity contribution in [1.82, 2.24) is 4.90 Å². The van der Waals surface area contributed by atoms with Gasteiger partial charge in [-0.2, -0.15) is 0 Å². The molecular formula is C11H13Cl2FN2O. The minimum Gasteiger partial charge on any atom is -0.322 e. The smallest absolute Gasteiger partial charge is 0.321 e. The summed E-state index contributed by atoms with van der Waals surface area (Å²) in [5, 5.41) is 2.58. The summed E-state index contributed by atoms with van der Waals surface area (Å²) in [7, 11) is 0. The number of hydrogen-bond acceptors (Lipinski definition) is 1. The molecule has 0 saturated carbocycles. The zero-order valence-corrected chi connectivity index (χ0v) is 10.6. The van der Waals surface area contributed by atoms with Crippen LogP contribution in [-0.2, 0) is 0 Å². The second-order valence-electron chi connectivity index (χ2n) is 3.31. The van der Waals surface area contributed by atoms with Crippen LogP contribution < -0.4 is 5.32 Å². The second-order valence-corrected chi connectivity index (χ2v) is 4.06. The molecule has 0 aliphatic rings. The number of amides is 2. The number of halogens is 3. The van der Waals surface area contributed by atoms with Crippen molar-refractivity contribution < 1.29 is 9.18 Å². The van der Waals surface area contributed by atoms with E-state index in [4.69, 9.17) is 23.2 Å². The number of urea groups is 1. The minimum atomic E-state index is -0.399. The number of hydrogen-bond donors (Lipinski definition) is 1. The van der Waals surface area contributed by atoms with Gasteiger partial charge in [0.05, 0.1) is 0 Å². The molecule has 1 rings (SSSR count). The third kappa shape index (κ3) is 4.79. The van der Waals surface area contributed by atoms with Crippen LogP contribution in [0, 0.1) is 5.82 Å². The molecule has 0 bridgehead atoms. The van der Waals surface area contributed by atoms with Gasteiger partial charge in [-0.3, -0.25) is 0 Å². The van der Waals surface area contributed by atoms with Crippen LogP contribution in [0.25, 0.3) is 0 Å². The van der Waals surface area contributed by atoms with E-state index in [0.717, 1.165) is 0 Å². The van der Waals surface area contributed by atoms with E-state index in [0.29, 0.717) is 30.5 Å². The number of alkyl halides is 2. The van der Waals surface area contributed by atoms with Gasteiger partial charge < -0.3 is 10.2 Å². The molecule has 1 aromatic rings. The maximum absolute atomic E-state index is 12.9. The summed E-state index contributed by atoms with van der Waals surface area (Å²) in [6.07, 6.45) is 0. The molecule has 0 aromatic heterocycles. The van der Waals surface area contributed by atoms with Crippen LogP contribution in [0.3, 0.4) is 0 Å². The maximum Gasteiger partial charge on any atom is 0.321 e. The molecule has 2 amide bonds. The maximum atomic E-state index is 12.9. The summed E-state index contributed by atoms with van der Waals surface area (Å²) in [6.45, 7) is 0.796. The number of carbonyl (C=O) groups excluding carboxylic acids is 1. The number of nitrogens with zero attached hydrogens (tertiary/aromatic N) is 1. The predicted octanol–water partition coefficient (Wildman–Crippen LogP) is 3.14. The van der Waals surface area contributed by atoms with E-state index in [2.05, 4.69) is 5.32 Å². The highest BCUT2D eigenvalue weighted by molar-refractivity contribution is 6.18. The number of nitrogens with one attached hydrogen (secondary N) is 1. The van der Waals surface area contributed by atoms with E-state index in [9.17, 15) is 9.18 Å².